The third-order valence-electron chi connectivity index (χ3n) is 2.10. The fourth-order valence-corrected chi connectivity index (χ4v) is 2.49. The van der Waals surface area contributed by atoms with Crippen LogP contribution < -0.4 is 0 Å². The number of hydrogen-bond donors (Lipinski definition) is 0. The van der Waals surface area contributed by atoms with Crippen LogP contribution in [0.25, 0.3) is 11.3 Å². The lowest BCUT2D eigenvalue weighted by atomic mass is 10.2. The van der Waals surface area contributed by atoms with Crippen LogP contribution in [0, 0.1) is 0 Å². The van der Waals surface area contributed by atoms with E-state index in [1.807, 2.05) is 19.1 Å². The zero-order chi connectivity index (χ0) is 11.4. The summed E-state index contributed by atoms with van der Waals surface area (Å²) in [5.74, 6) is 0. The highest BCUT2D eigenvalue weighted by Gasteiger charge is 2.04. The SMILES string of the molecule is CCOCc1nc(-c2cccc(Br)c2)cs1. The number of nitrogens with zero attached hydrogens (tertiary/aromatic N) is 1. The quantitative estimate of drug-likeness (QED) is 0.847. The number of benzene rings is 1. The highest BCUT2D eigenvalue weighted by atomic mass is 79.9. The zero-order valence-electron chi connectivity index (χ0n) is 8.94. The molecule has 1 aromatic carbocycles. The second kappa shape index (κ2) is 5.57. The van der Waals surface area contributed by atoms with Crippen molar-refractivity contribution >= 4 is 27.3 Å². The molecule has 84 valence electrons. The van der Waals surface area contributed by atoms with E-state index < -0.39 is 0 Å². The van der Waals surface area contributed by atoms with Crippen LogP contribution >= 0.6 is 27.3 Å². The van der Waals surface area contributed by atoms with Crippen molar-refractivity contribution in [1.29, 1.82) is 0 Å². The van der Waals surface area contributed by atoms with Gasteiger partial charge in [-0.15, -0.1) is 11.3 Å². The van der Waals surface area contributed by atoms with Crippen LogP contribution in [0.3, 0.4) is 0 Å². The van der Waals surface area contributed by atoms with Gasteiger partial charge in [0, 0.05) is 22.0 Å². The number of hydrogen-bond acceptors (Lipinski definition) is 3. The largest absolute Gasteiger partial charge is 0.375 e. The minimum Gasteiger partial charge on any atom is -0.375 e. The molecular formula is C12H12BrNOS. The summed E-state index contributed by atoms with van der Waals surface area (Å²) >= 11 is 5.10. The van der Waals surface area contributed by atoms with Gasteiger partial charge in [-0.2, -0.15) is 0 Å². The molecule has 0 unspecified atom stereocenters. The smallest absolute Gasteiger partial charge is 0.119 e. The molecule has 0 radical (unpaired) electrons. The van der Waals surface area contributed by atoms with Gasteiger partial charge in [-0.05, 0) is 19.1 Å². The van der Waals surface area contributed by atoms with Gasteiger partial charge in [0.2, 0.25) is 0 Å². The maximum absolute atomic E-state index is 5.33. The average molecular weight is 298 g/mol. The first-order valence-corrected chi connectivity index (χ1v) is 6.75. The van der Waals surface area contributed by atoms with Gasteiger partial charge < -0.3 is 4.74 Å². The minimum atomic E-state index is 0.606. The molecule has 16 heavy (non-hydrogen) atoms. The van der Waals surface area contributed by atoms with E-state index in [0.29, 0.717) is 6.61 Å². The molecule has 2 nitrogen and oxygen atoms in total. The maximum atomic E-state index is 5.33. The van der Waals surface area contributed by atoms with Crippen LogP contribution in [0.4, 0.5) is 0 Å². The van der Waals surface area contributed by atoms with Gasteiger partial charge in [-0.3, -0.25) is 0 Å². The molecule has 0 bridgehead atoms. The summed E-state index contributed by atoms with van der Waals surface area (Å²) in [6, 6.07) is 8.15. The lowest BCUT2D eigenvalue weighted by Gasteiger charge is -1.97. The molecule has 0 aliphatic carbocycles. The molecule has 0 saturated heterocycles. The molecule has 2 aromatic rings. The minimum absolute atomic E-state index is 0.606. The third-order valence-corrected chi connectivity index (χ3v) is 3.42. The Morgan fingerprint density at radius 3 is 3.06 bits per heavy atom. The number of aromatic nitrogens is 1. The number of ether oxygens (including phenoxy) is 1. The Balaban J connectivity index is 2.18. The number of halogens is 1. The number of rotatable bonds is 4. The van der Waals surface area contributed by atoms with Gasteiger partial charge in [0.25, 0.3) is 0 Å². The fraction of sp³-hybridized carbons (Fsp3) is 0.250. The van der Waals surface area contributed by atoms with Crippen LogP contribution in [0.2, 0.25) is 0 Å². The summed E-state index contributed by atoms with van der Waals surface area (Å²) in [7, 11) is 0. The maximum Gasteiger partial charge on any atom is 0.119 e. The molecule has 0 fully saturated rings. The van der Waals surface area contributed by atoms with E-state index in [1.54, 1.807) is 11.3 Å². The predicted molar refractivity (Wildman–Crippen MR) is 70.6 cm³/mol. The van der Waals surface area contributed by atoms with E-state index in [-0.39, 0.29) is 0 Å². The molecule has 0 amide bonds. The van der Waals surface area contributed by atoms with Crippen LogP contribution in [-0.4, -0.2) is 11.6 Å². The second-order valence-corrected chi connectivity index (χ2v) is 5.13. The van der Waals surface area contributed by atoms with Crippen molar-refractivity contribution in [1.82, 2.24) is 4.98 Å². The third kappa shape index (κ3) is 2.90. The molecule has 4 heteroatoms. The standard InChI is InChI=1S/C12H12BrNOS/c1-2-15-7-12-14-11(8-16-12)9-4-3-5-10(13)6-9/h3-6,8H,2,7H2,1H3. The van der Waals surface area contributed by atoms with Gasteiger partial charge in [-0.1, -0.05) is 28.1 Å². The van der Waals surface area contributed by atoms with Crippen molar-refractivity contribution in [3.8, 4) is 11.3 Å². The van der Waals surface area contributed by atoms with E-state index in [2.05, 4.69) is 38.4 Å². The molecule has 0 N–H and O–H groups in total. The Bertz CT molecular complexity index is 470. The fourth-order valence-electron chi connectivity index (χ4n) is 1.35. The highest BCUT2D eigenvalue weighted by Crippen LogP contribution is 2.24. The van der Waals surface area contributed by atoms with E-state index in [4.69, 9.17) is 4.74 Å². The molecule has 1 aromatic heterocycles. The lowest BCUT2D eigenvalue weighted by Crippen LogP contribution is -1.90. The summed E-state index contributed by atoms with van der Waals surface area (Å²) in [6.45, 7) is 3.32. The van der Waals surface area contributed by atoms with Crippen molar-refractivity contribution in [3.63, 3.8) is 0 Å². The Hall–Kier alpha value is -0.710. The van der Waals surface area contributed by atoms with Crippen molar-refractivity contribution < 1.29 is 4.74 Å². The Morgan fingerprint density at radius 2 is 2.31 bits per heavy atom. The molecule has 0 spiro atoms. The lowest BCUT2D eigenvalue weighted by molar-refractivity contribution is 0.134. The average Bonchev–Trinajstić information content (AvgIpc) is 2.75. The summed E-state index contributed by atoms with van der Waals surface area (Å²) in [6.07, 6.45) is 0. The Labute approximate surface area is 107 Å². The molecule has 0 aliphatic heterocycles. The van der Waals surface area contributed by atoms with Crippen LogP contribution in [-0.2, 0) is 11.3 Å². The highest BCUT2D eigenvalue weighted by molar-refractivity contribution is 9.10. The summed E-state index contributed by atoms with van der Waals surface area (Å²) < 4.78 is 6.40. The van der Waals surface area contributed by atoms with Gasteiger partial charge in [-0.25, -0.2) is 4.98 Å². The van der Waals surface area contributed by atoms with Gasteiger partial charge in [0.1, 0.15) is 5.01 Å². The normalized spacial score (nSPS) is 10.6. The zero-order valence-corrected chi connectivity index (χ0v) is 11.3. The summed E-state index contributed by atoms with van der Waals surface area (Å²) in [5, 5.41) is 3.09. The summed E-state index contributed by atoms with van der Waals surface area (Å²) in [4.78, 5) is 4.53. The molecule has 2 rings (SSSR count). The first kappa shape index (κ1) is 11.8. The van der Waals surface area contributed by atoms with Crippen molar-refractivity contribution in [2.75, 3.05) is 6.61 Å². The molecule has 0 aliphatic rings. The molecule has 0 saturated carbocycles. The van der Waals surface area contributed by atoms with E-state index in [9.17, 15) is 0 Å². The van der Waals surface area contributed by atoms with E-state index in [1.165, 1.54) is 0 Å². The van der Waals surface area contributed by atoms with Gasteiger partial charge in [0.05, 0.1) is 12.3 Å². The van der Waals surface area contributed by atoms with Crippen molar-refractivity contribution in [2.45, 2.75) is 13.5 Å². The Morgan fingerprint density at radius 1 is 1.44 bits per heavy atom. The van der Waals surface area contributed by atoms with Gasteiger partial charge >= 0.3 is 0 Å². The first-order valence-electron chi connectivity index (χ1n) is 5.07. The second-order valence-electron chi connectivity index (χ2n) is 3.27. The molecular weight excluding hydrogens is 286 g/mol. The summed E-state index contributed by atoms with van der Waals surface area (Å²) in [5.41, 5.74) is 2.15. The van der Waals surface area contributed by atoms with E-state index >= 15 is 0 Å². The van der Waals surface area contributed by atoms with E-state index in [0.717, 1.165) is 27.3 Å². The van der Waals surface area contributed by atoms with Crippen molar-refractivity contribution in [2.24, 2.45) is 0 Å². The van der Waals surface area contributed by atoms with Crippen LogP contribution in [0.15, 0.2) is 34.1 Å². The van der Waals surface area contributed by atoms with Crippen molar-refractivity contribution in [3.05, 3.63) is 39.1 Å². The number of thiazole rings is 1. The first-order chi connectivity index (χ1) is 7.79. The van der Waals surface area contributed by atoms with Gasteiger partial charge in [0.15, 0.2) is 0 Å². The molecule has 0 atom stereocenters. The topological polar surface area (TPSA) is 22.1 Å². The monoisotopic (exact) mass is 297 g/mol. The predicted octanol–water partition coefficient (Wildman–Crippen LogP) is 4.11. The Kier molecular flexibility index (Phi) is 4.09. The van der Waals surface area contributed by atoms with Crippen LogP contribution in [0.1, 0.15) is 11.9 Å². The van der Waals surface area contributed by atoms with Crippen LogP contribution in [0.5, 0.6) is 0 Å². The molecule has 1 heterocycles.